The molecule has 0 bridgehead atoms. The highest BCUT2D eigenvalue weighted by molar-refractivity contribution is 7.09. The summed E-state index contributed by atoms with van der Waals surface area (Å²) in [6.45, 7) is 2.52. The molecule has 4 heteroatoms. The molecule has 2 aromatic heterocycles. The van der Waals surface area contributed by atoms with E-state index in [0.717, 1.165) is 25.2 Å². The molecule has 3 nitrogen and oxygen atoms in total. The zero-order valence-corrected chi connectivity index (χ0v) is 11.5. The van der Waals surface area contributed by atoms with Gasteiger partial charge in [0.2, 0.25) is 0 Å². The first kappa shape index (κ1) is 13.2. The van der Waals surface area contributed by atoms with Crippen molar-refractivity contribution in [3.05, 3.63) is 52.0 Å². The largest absolute Gasteiger partial charge is 0.325 e. The highest BCUT2D eigenvalue weighted by Gasteiger charge is 2.02. The van der Waals surface area contributed by atoms with Gasteiger partial charge in [-0.15, -0.1) is 11.3 Å². The van der Waals surface area contributed by atoms with Gasteiger partial charge in [0.25, 0.3) is 0 Å². The summed E-state index contributed by atoms with van der Waals surface area (Å²) in [7, 11) is 2.15. The molecule has 2 aromatic rings. The number of thiophene rings is 1. The molecule has 0 amide bonds. The van der Waals surface area contributed by atoms with Crippen molar-refractivity contribution in [1.29, 1.82) is 0 Å². The Morgan fingerprint density at radius 1 is 1.39 bits per heavy atom. The van der Waals surface area contributed by atoms with Gasteiger partial charge in [-0.25, -0.2) is 0 Å². The first-order chi connectivity index (χ1) is 8.78. The van der Waals surface area contributed by atoms with Gasteiger partial charge in [-0.1, -0.05) is 6.07 Å². The molecule has 0 aliphatic rings. The topological polar surface area (TPSA) is 42.2 Å². The maximum absolute atomic E-state index is 5.60. The standard InChI is InChI=1S/C14H19N3S/c1-17(7-5-14-3-2-8-18-14)11-12-4-6-16-13(9-12)10-15/h2-4,6,8-9H,5,7,10-11,15H2,1H3. The monoisotopic (exact) mass is 261 g/mol. The van der Waals surface area contributed by atoms with Crippen LogP contribution in [0.4, 0.5) is 0 Å². The quantitative estimate of drug-likeness (QED) is 0.867. The van der Waals surface area contributed by atoms with Crippen LogP contribution >= 0.6 is 11.3 Å². The maximum atomic E-state index is 5.60. The van der Waals surface area contributed by atoms with Crippen molar-refractivity contribution in [2.45, 2.75) is 19.5 Å². The maximum Gasteiger partial charge on any atom is 0.0542 e. The van der Waals surface area contributed by atoms with Crippen molar-refractivity contribution in [3.63, 3.8) is 0 Å². The van der Waals surface area contributed by atoms with Gasteiger partial charge in [0, 0.05) is 30.7 Å². The molecular formula is C14H19N3S. The molecular weight excluding hydrogens is 242 g/mol. The van der Waals surface area contributed by atoms with Crippen molar-refractivity contribution in [3.8, 4) is 0 Å². The number of hydrogen-bond donors (Lipinski definition) is 1. The van der Waals surface area contributed by atoms with Gasteiger partial charge < -0.3 is 10.6 Å². The van der Waals surface area contributed by atoms with Gasteiger partial charge in [0.1, 0.15) is 0 Å². The summed E-state index contributed by atoms with van der Waals surface area (Å²) in [4.78, 5) is 7.98. The second kappa shape index (κ2) is 6.64. The van der Waals surface area contributed by atoms with Crippen LogP contribution in [0.2, 0.25) is 0 Å². The third-order valence-electron chi connectivity index (χ3n) is 2.86. The summed E-state index contributed by atoms with van der Waals surface area (Å²) in [5.74, 6) is 0. The zero-order chi connectivity index (χ0) is 12.8. The fourth-order valence-corrected chi connectivity index (χ4v) is 2.58. The van der Waals surface area contributed by atoms with Crippen molar-refractivity contribution in [2.24, 2.45) is 5.73 Å². The van der Waals surface area contributed by atoms with Gasteiger partial charge in [-0.05, 0) is 42.6 Å². The second-order valence-electron chi connectivity index (χ2n) is 4.43. The van der Waals surface area contributed by atoms with Gasteiger partial charge in [0.05, 0.1) is 5.69 Å². The van der Waals surface area contributed by atoms with E-state index in [0.29, 0.717) is 6.54 Å². The molecule has 2 rings (SSSR count). The van der Waals surface area contributed by atoms with Crippen LogP contribution in [-0.2, 0) is 19.5 Å². The summed E-state index contributed by atoms with van der Waals surface area (Å²) in [6, 6.07) is 8.44. The highest BCUT2D eigenvalue weighted by atomic mass is 32.1. The SMILES string of the molecule is CN(CCc1cccs1)Cc1ccnc(CN)c1. The van der Waals surface area contributed by atoms with Crippen molar-refractivity contribution >= 4 is 11.3 Å². The molecule has 0 fully saturated rings. The van der Waals surface area contributed by atoms with E-state index in [-0.39, 0.29) is 0 Å². The Balaban J connectivity index is 1.84. The Kier molecular flexibility index (Phi) is 4.87. The van der Waals surface area contributed by atoms with E-state index in [2.05, 4.69) is 46.6 Å². The number of hydrogen-bond acceptors (Lipinski definition) is 4. The predicted molar refractivity (Wildman–Crippen MR) is 76.5 cm³/mol. The van der Waals surface area contributed by atoms with Gasteiger partial charge in [-0.3, -0.25) is 4.98 Å². The number of nitrogens with two attached hydrogens (primary N) is 1. The van der Waals surface area contributed by atoms with Crippen LogP contribution in [0.15, 0.2) is 35.8 Å². The lowest BCUT2D eigenvalue weighted by atomic mass is 10.2. The van der Waals surface area contributed by atoms with E-state index >= 15 is 0 Å². The number of nitrogens with zero attached hydrogens (tertiary/aromatic N) is 2. The molecule has 0 aliphatic heterocycles. The van der Waals surface area contributed by atoms with E-state index < -0.39 is 0 Å². The molecule has 0 aromatic carbocycles. The third kappa shape index (κ3) is 3.91. The Bertz CT molecular complexity index is 468. The van der Waals surface area contributed by atoms with E-state index in [9.17, 15) is 0 Å². The minimum absolute atomic E-state index is 0.507. The summed E-state index contributed by atoms with van der Waals surface area (Å²) < 4.78 is 0. The Hall–Kier alpha value is -1.23. The molecule has 0 saturated heterocycles. The van der Waals surface area contributed by atoms with Crippen LogP contribution in [0.1, 0.15) is 16.1 Å². The lowest BCUT2D eigenvalue weighted by Gasteiger charge is -2.16. The molecule has 2 N–H and O–H groups in total. The first-order valence-electron chi connectivity index (χ1n) is 6.12. The summed E-state index contributed by atoms with van der Waals surface area (Å²) >= 11 is 1.82. The first-order valence-corrected chi connectivity index (χ1v) is 7.00. The number of pyridine rings is 1. The molecule has 2 heterocycles. The second-order valence-corrected chi connectivity index (χ2v) is 5.46. The van der Waals surface area contributed by atoms with Crippen LogP contribution in [0.3, 0.4) is 0 Å². The van der Waals surface area contributed by atoms with E-state index in [1.807, 2.05) is 17.5 Å². The molecule has 0 unspecified atom stereocenters. The minimum Gasteiger partial charge on any atom is -0.325 e. The van der Waals surface area contributed by atoms with Gasteiger partial charge in [0.15, 0.2) is 0 Å². The van der Waals surface area contributed by atoms with Crippen LogP contribution in [0.25, 0.3) is 0 Å². The van der Waals surface area contributed by atoms with Gasteiger partial charge >= 0.3 is 0 Å². The average molecular weight is 261 g/mol. The molecule has 0 spiro atoms. The van der Waals surface area contributed by atoms with Crippen LogP contribution in [0.5, 0.6) is 0 Å². The smallest absolute Gasteiger partial charge is 0.0542 e. The number of rotatable bonds is 6. The average Bonchev–Trinajstić information content (AvgIpc) is 2.90. The van der Waals surface area contributed by atoms with Crippen LogP contribution < -0.4 is 5.73 Å². The number of aromatic nitrogens is 1. The van der Waals surface area contributed by atoms with Crippen LogP contribution in [-0.4, -0.2) is 23.5 Å². The fourth-order valence-electron chi connectivity index (χ4n) is 1.88. The molecule has 0 radical (unpaired) electrons. The molecule has 96 valence electrons. The normalized spacial score (nSPS) is 11.1. The Morgan fingerprint density at radius 2 is 2.28 bits per heavy atom. The lowest BCUT2D eigenvalue weighted by molar-refractivity contribution is 0.332. The Labute approximate surface area is 112 Å². The lowest BCUT2D eigenvalue weighted by Crippen LogP contribution is -2.20. The molecule has 18 heavy (non-hydrogen) atoms. The molecule has 0 aliphatic carbocycles. The summed E-state index contributed by atoms with van der Waals surface area (Å²) in [6.07, 6.45) is 2.95. The third-order valence-corrected chi connectivity index (χ3v) is 3.80. The van der Waals surface area contributed by atoms with E-state index in [1.54, 1.807) is 0 Å². The van der Waals surface area contributed by atoms with E-state index in [4.69, 9.17) is 5.73 Å². The van der Waals surface area contributed by atoms with E-state index in [1.165, 1.54) is 10.4 Å². The predicted octanol–water partition coefficient (Wildman–Crippen LogP) is 2.28. The highest BCUT2D eigenvalue weighted by Crippen LogP contribution is 2.10. The Morgan fingerprint density at radius 3 is 3.00 bits per heavy atom. The van der Waals surface area contributed by atoms with Crippen molar-refractivity contribution < 1.29 is 0 Å². The van der Waals surface area contributed by atoms with Gasteiger partial charge in [-0.2, -0.15) is 0 Å². The molecule has 0 saturated carbocycles. The van der Waals surface area contributed by atoms with Crippen molar-refractivity contribution in [2.75, 3.05) is 13.6 Å². The van der Waals surface area contributed by atoms with Crippen molar-refractivity contribution in [1.82, 2.24) is 9.88 Å². The summed E-state index contributed by atoms with van der Waals surface area (Å²) in [5.41, 5.74) is 7.83. The number of likely N-dealkylation sites (N-methyl/N-ethyl adjacent to an activating group) is 1. The van der Waals surface area contributed by atoms with Crippen LogP contribution in [0, 0.1) is 0 Å². The summed E-state index contributed by atoms with van der Waals surface area (Å²) in [5, 5.41) is 2.13. The minimum atomic E-state index is 0.507. The fraction of sp³-hybridized carbons (Fsp3) is 0.357. The molecule has 0 atom stereocenters. The zero-order valence-electron chi connectivity index (χ0n) is 10.7.